The first-order valence-corrected chi connectivity index (χ1v) is 6.77. The van der Waals surface area contributed by atoms with Gasteiger partial charge in [0.15, 0.2) is 0 Å². The number of nitrogens with zero attached hydrogens (tertiary/aromatic N) is 1. The van der Waals surface area contributed by atoms with Crippen molar-refractivity contribution in [2.24, 2.45) is 0 Å². The summed E-state index contributed by atoms with van der Waals surface area (Å²) in [5.74, 6) is 0.288. The van der Waals surface area contributed by atoms with Gasteiger partial charge in [-0.2, -0.15) is 0 Å². The van der Waals surface area contributed by atoms with E-state index in [0.717, 1.165) is 23.5 Å². The summed E-state index contributed by atoms with van der Waals surface area (Å²) in [5, 5.41) is 6.30. The van der Waals surface area contributed by atoms with E-state index in [0.29, 0.717) is 6.42 Å². The van der Waals surface area contributed by atoms with Gasteiger partial charge in [0, 0.05) is 42.7 Å². The van der Waals surface area contributed by atoms with E-state index in [1.54, 1.807) is 12.4 Å². The van der Waals surface area contributed by atoms with Crippen molar-refractivity contribution in [2.75, 3.05) is 17.2 Å². The third kappa shape index (κ3) is 2.50. The third-order valence-electron chi connectivity index (χ3n) is 3.67. The van der Waals surface area contributed by atoms with E-state index in [-0.39, 0.29) is 11.8 Å². The lowest BCUT2D eigenvalue weighted by molar-refractivity contribution is -0.116. The molecule has 2 aromatic rings. The standard InChI is InChI=1S/C16H17N3O/c1-11-9-17-7-6-14(11)19-16(20)8-12-10-18-15-5-3-2-4-13(12)15/h2-7,9,12,18H,8,10H2,1H3,(H,17,19,20). The summed E-state index contributed by atoms with van der Waals surface area (Å²) in [6.45, 7) is 2.76. The lowest BCUT2D eigenvalue weighted by Crippen LogP contribution is -2.17. The van der Waals surface area contributed by atoms with Crippen LogP contribution in [0.5, 0.6) is 0 Å². The number of aromatic nitrogens is 1. The van der Waals surface area contributed by atoms with Crippen molar-refractivity contribution < 1.29 is 4.79 Å². The monoisotopic (exact) mass is 267 g/mol. The highest BCUT2D eigenvalue weighted by Crippen LogP contribution is 2.33. The molecule has 102 valence electrons. The zero-order valence-electron chi connectivity index (χ0n) is 11.4. The van der Waals surface area contributed by atoms with Gasteiger partial charge in [-0.05, 0) is 30.2 Å². The van der Waals surface area contributed by atoms with Gasteiger partial charge in [0.2, 0.25) is 5.91 Å². The maximum Gasteiger partial charge on any atom is 0.225 e. The Labute approximate surface area is 118 Å². The Morgan fingerprint density at radius 2 is 2.25 bits per heavy atom. The van der Waals surface area contributed by atoms with Gasteiger partial charge < -0.3 is 10.6 Å². The molecule has 20 heavy (non-hydrogen) atoms. The normalized spacial score (nSPS) is 16.4. The number of carbonyl (C=O) groups excluding carboxylic acids is 1. The van der Waals surface area contributed by atoms with Crippen LogP contribution in [-0.4, -0.2) is 17.4 Å². The average Bonchev–Trinajstić information content (AvgIpc) is 2.85. The Balaban J connectivity index is 1.68. The second-order valence-electron chi connectivity index (χ2n) is 5.11. The Morgan fingerprint density at radius 1 is 1.40 bits per heavy atom. The largest absolute Gasteiger partial charge is 0.384 e. The van der Waals surface area contributed by atoms with Gasteiger partial charge in [0.1, 0.15) is 0 Å². The van der Waals surface area contributed by atoms with Crippen LogP contribution in [0.4, 0.5) is 11.4 Å². The number of hydrogen-bond donors (Lipinski definition) is 2. The number of nitrogens with one attached hydrogen (secondary N) is 2. The van der Waals surface area contributed by atoms with Gasteiger partial charge >= 0.3 is 0 Å². The van der Waals surface area contributed by atoms with E-state index >= 15 is 0 Å². The van der Waals surface area contributed by atoms with Gasteiger partial charge in [-0.15, -0.1) is 0 Å². The number of anilines is 2. The molecule has 0 saturated carbocycles. The highest BCUT2D eigenvalue weighted by Gasteiger charge is 2.24. The summed E-state index contributed by atoms with van der Waals surface area (Å²) < 4.78 is 0. The highest BCUT2D eigenvalue weighted by molar-refractivity contribution is 5.92. The van der Waals surface area contributed by atoms with Crippen LogP contribution in [0.1, 0.15) is 23.5 Å². The van der Waals surface area contributed by atoms with Crippen LogP contribution < -0.4 is 10.6 Å². The quantitative estimate of drug-likeness (QED) is 0.899. The number of rotatable bonds is 3. The zero-order chi connectivity index (χ0) is 13.9. The molecular weight excluding hydrogens is 250 g/mol. The lowest BCUT2D eigenvalue weighted by atomic mass is 9.97. The second kappa shape index (κ2) is 5.33. The molecule has 0 spiro atoms. The molecule has 2 N–H and O–H groups in total. The molecule has 1 aromatic carbocycles. The van der Waals surface area contributed by atoms with Crippen LogP contribution in [-0.2, 0) is 4.79 Å². The van der Waals surface area contributed by atoms with Crippen LogP contribution in [0.25, 0.3) is 0 Å². The molecule has 0 aliphatic carbocycles. The van der Waals surface area contributed by atoms with Crippen LogP contribution in [0, 0.1) is 6.92 Å². The molecule has 1 atom stereocenters. The van der Waals surface area contributed by atoms with Crippen molar-refractivity contribution >= 4 is 17.3 Å². The average molecular weight is 267 g/mol. The Hall–Kier alpha value is -2.36. The summed E-state index contributed by atoms with van der Waals surface area (Å²) in [7, 11) is 0. The van der Waals surface area contributed by atoms with Crippen LogP contribution >= 0.6 is 0 Å². The van der Waals surface area contributed by atoms with E-state index in [2.05, 4.69) is 27.8 Å². The van der Waals surface area contributed by atoms with Crippen molar-refractivity contribution in [1.29, 1.82) is 0 Å². The molecule has 0 fully saturated rings. The molecule has 1 aliphatic rings. The summed E-state index contributed by atoms with van der Waals surface area (Å²) in [5.41, 5.74) is 4.19. The minimum Gasteiger partial charge on any atom is -0.384 e. The zero-order valence-corrected chi connectivity index (χ0v) is 11.4. The fraction of sp³-hybridized carbons (Fsp3) is 0.250. The molecule has 4 heteroatoms. The molecule has 1 aliphatic heterocycles. The maximum absolute atomic E-state index is 12.2. The van der Waals surface area contributed by atoms with Crippen molar-refractivity contribution in [3.8, 4) is 0 Å². The number of fused-ring (bicyclic) bond motifs is 1. The molecule has 0 radical (unpaired) electrons. The first-order valence-electron chi connectivity index (χ1n) is 6.77. The molecular formula is C16H17N3O. The number of amides is 1. The molecule has 0 bridgehead atoms. The van der Waals surface area contributed by atoms with Gasteiger partial charge in [0.25, 0.3) is 0 Å². The number of hydrogen-bond acceptors (Lipinski definition) is 3. The molecule has 4 nitrogen and oxygen atoms in total. The Bertz CT molecular complexity index is 639. The van der Waals surface area contributed by atoms with E-state index < -0.39 is 0 Å². The fourth-order valence-corrected chi connectivity index (χ4v) is 2.58. The fourth-order valence-electron chi connectivity index (χ4n) is 2.58. The Kier molecular flexibility index (Phi) is 3.37. The minimum atomic E-state index is 0.0443. The second-order valence-corrected chi connectivity index (χ2v) is 5.11. The highest BCUT2D eigenvalue weighted by atomic mass is 16.1. The number of pyridine rings is 1. The van der Waals surface area contributed by atoms with E-state index in [1.165, 1.54) is 5.56 Å². The minimum absolute atomic E-state index is 0.0443. The van der Waals surface area contributed by atoms with Gasteiger partial charge in [-0.25, -0.2) is 0 Å². The summed E-state index contributed by atoms with van der Waals surface area (Å²) in [4.78, 5) is 16.2. The number of benzene rings is 1. The third-order valence-corrected chi connectivity index (χ3v) is 3.67. The van der Waals surface area contributed by atoms with Crippen molar-refractivity contribution in [1.82, 2.24) is 4.98 Å². The topological polar surface area (TPSA) is 54.0 Å². The lowest BCUT2D eigenvalue weighted by Gasteiger charge is -2.11. The number of carbonyl (C=O) groups is 1. The van der Waals surface area contributed by atoms with Gasteiger partial charge in [-0.1, -0.05) is 18.2 Å². The van der Waals surface area contributed by atoms with E-state index in [1.807, 2.05) is 25.1 Å². The molecule has 2 heterocycles. The molecule has 3 rings (SSSR count). The molecule has 1 aromatic heterocycles. The van der Waals surface area contributed by atoms with Crippen molar-refractivity contribution in [2.45, 2.75) is 19.3 Å². The van der Waals surface area contributed by atoms with Gasteiger partial charge in [0.05, 0.1) is 0 Å². The summed E-state index contributed by atoms with van der Waals surface area (Å²) >= 11 is 0. The first-order chi connectivity index (χ1) is 9.74. The molecule has 0 saturated heterocycles. The Morgan fingerprint density at radius 3 is 3.10 bits per heavy atom. The maximum atomic E-state index is 12.2. The molecule has 1 unspecified atom stereocenters. The predicted octanol–water partition coefficient (Wildman–Crippen LogP) is 2.93. The SMILES string of the molecule is Cc1cnccc1NC(=O)CC1CNc2ccccc21. The number of para-hydroxylation sites is 1. The van der Waals surface area contributed by atoms with Gasteiger partial charge in [-0.3, -0.25) is 9.78 Å². The van der Waals surface area contributed by atoms with E-state index in [9.17, 15) is 4.79 Å². The first kappa shape index (κ1) is 12.7. The smallest absolute Gasteiger partial charge is 0.225 e. The van der Waals surface area contributed by atoms with E-state index in [4.69, 9.17) is 0 Å². The summed E-state index contributed by atoms with van der Waals surface area (Å²) in [6, 6.07) is 10.00. The van der Waals surface area contributed by atoms with Crippen molar-refractivity contribution in [3.63, 3.8) is 0 Å². The molecule has 1 amide bonds. The predicted molar refractivity (Wildman–Crippen MR) is 79.9 cm³/mol. The summed E-state index contributed by atoms with van der Waals surface area (Å²) in [6.07, 6.45) is 3.93. The van der Waals surface area contributed by atoms with Crippen LogP contribution in [0.3, 0.4) is 0 Å². The van der Waals surface area contributed by atoms with Crippen LogP contribution in [0.15, 0.2) is 42.7 Å². The number of aryl methyl sites for hydroxylation is 1. The van der Waals surface area contributed by atoms with Crippen molar-refractivity contribution in [3.05, 3.63) is 53.9 Å². The van der Waals surface area contributed by atoms with Crippen LogP contribution in [0.2, 0.25) is 0 Å².